The Labute approximate surface area is 49.3 Å². The molecule has 0 saturated carbocycles. The number of nitriles is 1. The lowest BCUT2D eigenvalue weighted by atomic mass is 11.3. The van der Waals surface area contributed by atoms with Gasteiger partial charge in [0.2, 0.25) is 7.29 Å². The topological polar surface area (TPSA) is 44.1 Å². The van der Waals surface area contributed by atoms with E-state index >= 15 is 0 Å². The summed E-state index contributed by atoms with van der Waals surface area (Å²) in [5.41, 5.74) is 0. The van der Waals surface area contributed by atoms with E-state index in [1.807, 2.05) is 0 Å². The zero-order valence-electron chi connectivity index (χ0n) is 5.25. The van der Waals surface area contributed by atoms with Crippen LogP contribution in [0.5, 0.6) is 0 Å². The van der Waals surface area contributed by atoms with Gasteiger partial charge in [0.15, 0.2) is 0 Å². The molecule has 3 nitrogen and oxygen atoms in total. The lowest BCUT2D eigenvalue weighted by Gasteiger charge is -2.10. The van der Waals surface area contributed by atoms with Crippen LogP contribution in [0.15, 0.2) is 0 Å². The van der Waals surface area contributed by atoms with Gasteiger partial charge in [0, 0.05) is 6.66 Å². The maximum absolute atomic E-state index is 10.8. The quantitative estimate of drug-likeness (QED) is 0.498. The summed E-state index contributed by atoms with van der Waals surface area (Å²) in [6.45, 7) is 1.44. The van der Waals surface area contributed by atoms with Gasteiger partial charge in [-0.05, 0) is 14.1 Å². The minimum absolute atomic E-state index is 1.44. The highest BCUT2D eigenvalue weighted by atomic mass is 31.2. The highest BCUT2D eigenvalue weighted by molar-refractivity contribution is 7.65. The van der Waals surface area contributed by atoms with Crippen molar-refractivity contribution in [2.45, 2.75) is 0 Å². The number of hydrogen-bond donors (Lipinski definition) is 0. The minimum atomic E-state index is -2.61. The second-order valence-electron chi connectivity index (χ2n) is 1.83. The van der Waals surface area contributed by atoms with Crippen LogP contribution < -0.4 is 0 Å². The Morgan fingerprint density at radius 2 is 2.00 bits per heavy atom. The molecular formula is C4H9N2OP. The first-order valence-corrected chi connectivity index (χ1v) is 4.28. The van der Waals surface area contributed by atoms with E-state index in [2.05, 4.69) is 0 Å². The smallest absolute Gasteiger partial charge is 0.241 e. The summed E-state index contributed by atoms with van der Waals surface area (Å²) in [5.74, 6) is 1.72. The Morgan fingerprint density at radius 1 is 1.62 bits per heavy atom. The molecule has 0 aromatic rings. The van der Waals surface area contributed by atoms with Gasteiger partial charge in [-0.25, -0.2) is 4.67 Å². The fourth-order valence-electron chi connectivity index (χ4n) is 0.0894. The first-order chi connectivity index (χ1) is 3.50. The van der Waals surface area contributed by atoms with Crippen LogP contribution in [0.3, 0.4) is 0 Å². The molecule has 4 heteroatoms. The Morgan fingerprint density at radius 3 is 2.00 bits per heavy atom. The van der Waals surface area contributed by atoms with Gasteiger partial charge in [-0.15, -0.1) is 0 Å². The molecule has 0 heterocycles. The molecule has 0 amide bonds. The van der Waals surface area contributed by atoms with Gasteiger partial charge in [-0.2, -0.15) is 5.26 Å². The molecule has 0 radical (unpaired) electrons. The van der Waals surface area contributed by atoms with Crippen molar-refractivity contribution in [3.63, 3.8) is 0 Å². The van der Waals surface area contributed by atoms with E-state index in [0.717, 1.165) is 0 Å². The van der Waals surface area contributed by atoms with Gasteiger partial charge in [-0.1, -0.05) is 0 Å². The average molecular weight is 132 g/mol. The van der Waals surface area contributed by atoms with E-state index in [9.17, 15) is 4.57 Å². The van der Waals surface area contributed by atoms with Crippen LogP contribution in [0.25, 0.3) is 0 Å². The number of nitrogens with zero attached hydrogens (tertiary/aromatic N) is 2. The normalized spacial score (nSPS) is 17.4. The molecule has 8 heavy (non-hydrogen) atoms. The molecule has 0 fully saturated rings. The molecule has 0 spiro atoms. The Bertz CT molecular complexity index is 158. The van der Waals surface area contributed by atoms with Gasteiger partial charge >= 0.3 is 0 Å². The molecule has 0 rings (SSSR count). The van der Waals surface area contributed by atoms with Crippen molar-refractivity contribution in [2.24, 2.45) is 0 Å². The van der Waals surface area contributed by atoms with Crippen molar-refractivity contribution in [3.05, 3.63) is 0 Å². The summed E-state index contributed by atoms with van der Waals surface area (Å²) in [5, 5.41) is 8.21. The summed E-state index contributed by atoms with van der Waals surface area (Å²) in [4.78, 5) is 0. The van der Waals surface area contributed by atoms with Gasteiger partial charge < -0.3 is 0 Å². The SMILES string of the molecule is CN(C)P(C)(=O)C#N. The molecule has 0 aliphatic rings. The van der Waals surface area contributed by atoms with Crippen molar-refractivity contribution in [3.8, 4) is 5.81 Å². The molecule has 0 aromatic carbocycles. The Kier molecular flexibility index (Phi) is 2.21. The van der Waals surface area contributed by atoms with Gasteiger partial charge in [0.1, 0.15) is 5.81 Å². The van der Waals surface area contributed by atoms with Crippen molar-refractivity contribution in [1.82, 2.24) is 4.67 Å². The van der Waals surface area contributed by atoms with E-state index in [0.29, 0.717) is 0 Å². The third-order valence-corrected chi connectivity index (χ3v) is 2.85. The van der Waals surface area contributed by atoms with Crippen molar-refractivity contribution < 1.29 is 4.57 Å². The van der Waals surface area contributed by atoms with E-state index in [1.165, 1.54) is 11.3 Å². The Hall–Kier alpha value is -0.320. The maximum atomic E-state index is 10.8. The maximum Gasteiger partial charge on any atom is 0.241 e. The van der Waals surface area contributed by atoms with Crippen LogP contribution in [-0.2, 0) is 4.57 Å². The predicted molar refractivity (Wildman–Crippen MR) is 32.8 cm³/mol. The largest absolute Gasteiger partial charge is 0.291 e. The fourth-order valence-corrected chi connectivity index (χ4v) is 0.268. The second kappa shape index (κ2) is 2.30. The molecule has 46 valence electrons. The second-order valence-corrected chi connectivity index (χ2v) is 4.58. The molecule has 1 atom stereocenters. The van der Waals surface area contributed by atoms with Crippen LogP contribution >= 0.6 is 7.29 Å². The van der Waals surface area contributed by atoms with E-state index < -0.39 is 7.29 Å². The first kappa shape index (κ1) is 7.68. The summed E-state index contributed by atoms with van der Waals surface area (Å²) < 4.78 is 12.3. The van der Waals surface area contributed by atoms with Crippen molar-refractivity contribution in [2.75, 3.05) is 20.8 Å². The number of hydrogen-bond acceptors (Lipinski definition) is 2. The fraction of sp³-hybridized carbons (Fsp3) is 0.750. The van der Waals surface area contributed by atoms with Crippen molar-refractivity contribution >= 4 is 7.29 Å². The molecule has 0 saturated heterocycles. The standard InChI is InChI=1S/C4H9N2OP/c1-6(2)8(3,7)4-5/h1-3H3. The van der Waals surface area contributed by atoms with Crippen LogP contribution in [0, 0.1) is 11.1 Å². The minimum Gasteiger partial charge on any atom is -0.291 e. The first-order valence-electron chi connectivity index (χ1n) is 2.17. The zero-order valence-corrected chi connectivity index (χ0v) is 6.14. The summed E-state index contributed by atoms with van der Waals surface area (Å²) >= 11 is 0. The monoisotopic (exact) mass is 132 g/mol. The predicted octanol–water partition coefficient (Wildman–Crippen LogP) is 0.937. The average Bonchev–Trinajstić information content (AvgIpc) is 1.67. The zero-order chi connectivity index (χ0) is 6.78. The van der Waals surface area contributed by atoms with Crippen LogP contribution in [0.4, 0.5) is 0 Å². The lowest BCUT2D eigenvalue weighted by molar-refractivity contribution is 0.530. The lowest BCUT2D eigenvalue weighted by Crippen LogP contribution is -2.04. The molecule has 0 N–H and O–H groups in total. The summed E-state index contributed by atoms with van der Waals surface area (Å²) in [6, 6.07) is 0. The highest BCUT2D eigenvalue weighted by Gasteiger charge is 2.14. The molecule has 0 bridgehead atoms. The third-order valence-electron chi connectivity index (χ3n) is 0.949. The van der Waals surface area contributed by atoms with E-state index in [4.69, 9.17) is 5.26 Å². The molecule has 0 aliphatic heterocycles. The van der Waals surface area contributed by atoms with Crippen LogP contribution in [-0.4, -0.2) is 25.4 Å². The third kappa shape index (κ3) is 1.65. The summed E-state index contributed by atoms with van der Waals surface area (Å²) in [6.07, 6.45) is 0. The van der Waals surface area contributed by atoms with Gasteiger partial charge in [0.25, 0.3) is 0 Å². The van der Waals surface area contributed by atoms with E-state index in [-0.39, 0.29) is 0 Å². The van der Waals surface area contributed by atoms with Gasteiger partial charge in [-0.3, -0.25) is 4.57 Å². The number of rotatable bonds is 1. The van der Waals surface area contributed by atoms with E-state index in [1.54, 1.807) is 19.9 Å². The Balaban J connectivity index is 4.21. The van der Waals surface area contributed by atoms with Gasteiger partial charge in [0.05, 0.1) is 0 Å². The summed E-state index contributed by atoms with van der Waals surface area (Å²) in [7, 11) is 0.651. The van der Waals surface area contributed by atoms with Crippen molar-refractivity contribution in [1.29, 1.82) is 5.26 Å². The molecular weight excluding hydrogens is 123 g/mol. The molecule has 0 aromatic heterocycles. The highest BCUT2D eigenvalue weighted by Crippen LogP contribution is 2.40. The van der Waals surface area contributed by atoms with Crippen LogP contribution in [0.1, 0.15) is 0 Å². The molecule has 0 aliphatic carbocycles. The van der Waals surface area contributed by atoms with Crippen LogP contribution in [0.2, 0.25) is 0 Å². The molecule has 1 unspecified atom stereocenters.